The summed E-state index contributed by atoms with van der Waals surface area (Å²) in [5.74, 6) is 0. The maximum absolute atomic E-state index is 12.2. The molecule has 0 spiro atoms. The van der Waals surface area contributed by atoms with Gasteiger partial charge < -0.3 is 4.90 Å². The molecule has 4 heteroatoms. The predicted octanol–water partition coefficient (Wildman–Crippen LogP) is 2.56. The molecule has 0 unspecified atom stereocenters. The lowest BCUT2D eigenvalue weighted by Crippen LogP contribution is -2.33. The third-order valence-electron chi connectivity index (χ3n) is 3.75. The van der Waals surface area contributed by atoms with Crippen LogP contribution in [-0.4, -0.2) is 34.3 Å². The fourth-order valence-electron chi connectivity index (χ4n) is 2.35. The van der Waals surface area contributed by atoms with Crippen molar-refractivity contribution in [2.45, 2.75) is 27.3 Å². The van der Waals surface area contributed by atoms with Crippen molar-refractivity contribution >= 4 is 0 Å². The van der Waals surface area contributed by atoms with E-state index in [9.17, 15) is 4.79 Å². The van der Waals surface area contributed by atoms with E-state index in [4.69, 9.17) is 0 Å². The van der Waals surface area contributed by atoms with Crippen LogP contribution in [0.1, 0.15) is 19.4 Å². The second kappa shape index (κ2) is 7.18. The zero-order valence-electron chi connectivity index (χ0n) is 13.0. The topological polar surface area (TPSA) is 38.1 Å². The van der Waals surface area contributed by atoms with Crippen LogP contribution in [0.2, 0.25) is 0 Å². The number of benzene rings is 1. The second-order valence-corrected chi connectivity index (χ2v) is 5.13. The number of aromatic nitrogens is 2. The molecule has 0 fully saturated rings. The van der Waals surface area contributed by atoms with Gasteiger partial charge in [-0.1, -0.05) is 44.2 Å². The van der Waals surface area contributed by atoms with E-state index in [0.717, 1.165) is 36.5 Å². The summed E-state index contributed by atoms with van der Waals surface area (Å²) >= 11 is 0. The first-order valence-electron chi connectivity index (χ1n) is 7.52. The van der Waals surface area contributed by atoms with Crippen molar-refractivity contribution in [1.29, 1.82) is 0 Å². The van der Waals surface area contributed by atoms with Crippen molar-refractivity contribution in [2.75, 3.05) is 19.6 Å². The highest BCUT2D eigenvalue weighted by atomic mass is 16.1. The van der Waals surface area contributed by atoms with Gasteiger partial charge in [-0.3, -0.25) is 4.79 Å². The molecule has 112 valence electrons. The summed E-state index contributed by atoms with van der Waals surface area (Å²) in [6, 6.07) is 11.8. The maximum atomic E-state index is 12.2. The second-order valence-electron chi connectivity index (χ2n) is 5.13. The van der Waals surface area contributed by atoms with Gasteiger partial charge >= 0.3 is 0 Å². The Hall–Kier alpha value is -1.94. The Morgan fingerprint density at radius 2 is 1.81 bits per heavy atom. The summed E-state index contributed by atoms with van der Waals surface area (Å²) in [4.78, 5) is 14.5. The minimum absolute atomic E-state index is 0.00170. The molecule has 0 bridgehead atoms. The van der Waals surface area contributed by atoms with Crippen molar-refractivity contribution in [1.82, 2.24) is 14.7 Å². The molecule has 0 aliphatic heterocycles. The van der Waals surface area contributed by atoms with Crippen LogP contribution < -0.4 is 5.56 Å². The maximum Gasteiger partial charge on any atom is 0.269 e. The fraction of sp³-hybridized carbons (Fsp3) is 0.412. The Balaban J connectivity index is 2.29. The van der Waals surface area contributed by atoms with Crippen LogP contribution in [0.3, 0.4) is 0 Å². The highest BCUT2D eigenvalue weighted by molar-refractivity contribution is 5.58. The Morgan fingerprint density at radius 3 is 2.43 bits per heavy atom. The molecule has 0 amide bonds. The lowest BCUT2D eigenvalue weighted by atomic mass is 10.1. The molecular formula is C17H23N3O. The number of likely N-dealkylation sites (N-methyl/N-ethyl adjacent to an activating group) is 1. The molecular weight excluding hydrogens is 262 g/mol. The molecule has 2 rings (SSSR count). The predicted molar refractivity (Wildman–Crippen MR) is 86.5 cm³/mol. The monoisotopic (exact) mass is 285 g/mol. The number of aryl methyl sites for hydroxylation is 1. The average Bonchev–Trinajstić information content (AvgIpc) is 2.52. The molecule has 4 nitrogen and oxygen atoms in total. The highest BCUT2D eigenvalue weighted by Crippen LogP contribution is 2.15. The van der Waals surface area contributed by atoms with Gasteiger partial charge in [-0.25, -0.2) is 4.68 Å². The minimum atomic E-state index is 0.00170. The number of hydrogen-bond acceptors (Lipinski definition) is 3. The van der Waals surface area contributed by atoms with E-state index in [2.05, 4.69) is 23.8 Å². The summed E-state index contributed by atoms with van der Waals surface area (Å²) in [5.41, 5.74) is 2.63. The first-order valence-corrected chi connectivity index (χ1v) is 7.52. The van der Waals surface area contributed by atoms with Crippen LogP contribution in [0.5, 0.6) is 0 Å². The van der Waals surface area contributed by atoms with Gasteiger partial charge in [0.15, 0.2) is 0 Å². The van der Waals surface area contributed by atoms with Gasteiger partial charge in [-0.2, -0.15) is 5.10 Å². The molecule has 0 saturated heterocycles. The van der Waals surface area contributed by atoms with Crippen LogP contribution >= 0.6 is 0 Å². The molecule has 1 aromatic carbocycles. The number of rotatable bonds is 6. The van der Waals surface area contributed by atoms with Crippen LogP contribution in [0.4, 0.5) is 0 Å². The summed E-state index contributed by atoms with van der Waals surface area (Å²) < 4.78 is 1.59. The third-order valence-corrected chi connectivity index (χ3v) is 3.75. The first kappa shape index (κ1) is 15.4. The Morgan fingerprint density at radius 1 is 1.14 bits per heavy atom. The van der Waals surface area contributed by atoms with Gasteiger partial charge in [-0.15, -0.1) is 0 Å². The van der Waals surface area contributed by atoms with Crippen molar-refractivity contribution in [3.63, 3.8) is 0 Å². The van der Waals surface area contributed by atoms with E-state index < -0.39 is 0 Å². The Labute approximate surface area is 126 Å². The van der Waals surface area contributed by atoms with Crippen LogP contribution in [0, 0.1) is 6.92 Å². The van der Waals surface area contributed by atoms with E-state index in [1.807, 2.05) is 43.3 Å². The van der Waals surface area contributed by atoms with E-state index in [-0.39, 0.29) is 5.56 Å². The first-order chi connectivity index (χ1) is 10.2. The summed E-state index contributed by atoms with van der Waals surface area (Å²) in [6.45, 7) is 9.56. The van der Waals surface area contributed by atoms with Crippen molar-refractivity contribution in [2.24, 2.45) is 0 Å². The molecule has 21 heavy (non-hydrogen) atoms. The Bertz CT molecular complexity index is 630. The minimum Gasteiger partial charge on any atom is -0.302 e. The number of nitrogens with zero attached hydrogens (tertiary/aromatic N) is 3. The largest absolute Gasteiger partial charge is 0.302 e. The molecule has 0 saturated carbocycles. The lowest BCUT2D eigenvalue weighted by molar-refractivity contribution is 0.282. The van der Waals surface area contributed by atoms with Gasteiger partial charge in [0.25, 0.3) is 5.56 Å². The fourth-order valence-corrected chi connectivity index (χ4v) is 2.35. The smallest absolute Gasteiger partial charge is 0.269 e. The normalized spacial score (nSPS) is 11.0. The standard InChI is InChI=1S/C17H23N3O/c1-4-19(5-2)11-12-20-17(21)14(3)13-16(18-20)15-9-7-6-8-10-15/h6-10,13H,4-5,11-12H2,1-3H3. The molecule has 0 aliphatic rings. The number of hydrogen-bond donors (Lipinski definition) is 0. The molecule has 0 N–H and O–H groups in total. The summed E-state index contributed by atoms with van der Waals surface area (Å²) in [5, 5.41) is 4.52. The molecule has 1 heterocycles. The zero-order valence-corrected chi connectivity index (χ0v) is 13.0. The van der Waals surface area contributed by atoms with Gasteiger partial charge in [-0.05, 0) is 26.1 Å². The Kier molecular flexibility index (Phi) is 5.28. The molecule has 0 atom stereocenters. The molecule has 0 radical (unpaired) electrons. The van der Waals surface area contributed by atoms with Gasteiger partial charge in [0.2, 0.25) is 0 Å². The average molecular weight is 285 g/mol. The van der Waals surface area contributed by atoms with Crippen LogP contribution in [0.25, 0.3) is 11.3 Å². The zero-order chi connectivity index (χ0) is 15.2. The third kappa shape index (κ3) is 3.79. The van der Waals surface area contributed by atoms with Crippen LogP contribution in [0.15, 0.2) is 41.2 Å². The van der Waals surface area contributed by atoms with Crippen molar-refractivity contribution in [3.8, 4) is 11.3 Å². The summed E-state index contributed by atoms with van der Waals surface area (Å²) in [6.07, 6.45) is 0. The summed E-state index contributed by atoms with van der Waals surface area (Å²) in [7, 11) is 0. The van der Waals surface area contributed by atoms with Gasteiger partial charge in [0, 0.05) is 17.7 Å². The van der Waals surface area contributed by atoms with E-state index in [1.54, 1.807) is 4.68 Å². The SMILES string of the molecule is CCN(CC)CCn1nc(-c2ccccc2)cc(C)c1=O. The van der Waals surface area contributed by atoms with E-state index >= 15 is 0 Å². The van der Waals surface area contributed by atoms with Crippen molar-refractivity contribution < 1.29 is 0 Å². The molecule has 2 aromatic rings. The lowest BCUT2D eigenvalue weighted by Gasteiger charge is -2.18. The van der Waals surface area contributed by atoms with E-state index in [1.165, 1.54) is 0 Å². The van der Waals surface area contributed by atoms with E-state index in [0.29, 0.717) is 6.54 Å². The highest BCUT2D eigenvalue weighted by Gasteiger charge is 2.08. The van der Waals surface area contributed by atoms with Crippen molar-refractivity contribution in [3.05, 3.63) is 52.3 Å². The van der Waals surface area contributed by atoms with Gasteiger partial charge in [0.1, 0.15) is 0 Å². The van der Waals surface area contributed by atoms with Crippen LogP contribution in [-0.2, 0) is 6.54 Å². The molecule has 1 aromatic heterocycles. The molecule has 0 aliphatic carbocycles. The van der Waals surface area contributed by atoms with Gasteiger partial charge in [0.05, 0.1) is 12.2 Å². The quantitative estimate of drug-likeness (QED) is 0.818.